The Balaban J connectivity index is 0.000000404. The number of carbonyl (C=O) groups excluding carboxylic acids is 1. The smallest absolute Gasteiger partial charge is 0.475 e. The van der Waals surface area contributed by atoms with E-state index in [0.717, 1.165) is 38.2 Å². The van der Waals surface area contributed by atoms with E-state index in [9.17, 15) is 31.1 Å². The number of carbonyl (C=O) groups is 3. The number of piperidine rings is 1. The number of aliphatic carboxylic acids is 2. The van der Waals surface area contributed by atoms with Gasteiger partial charge in [-0.25, -0.2) is 14.4 Å². The largest absolute Gasteiger partial charge is 0.490 e. The zero-order chi connectivity index (χ0) is 28.4. The molecular weight excluding hydrogens is 516 g/mol. The SMILES string of the molecule is CC(C)OC(=O)NC1CC2(CCN(Cc3ccccn3)CC2)C1.O=C(O)C(F)(F)F.O=C(O)C(F)(F)F. The molecule has 1 saturated carbocycles. The Morgan fingerprint density at radius 3 is 1.92 bits per heavy atom. The summed E-state index contributed by atoms with van der Waals surface area (Å²) in [6.07, 6.45) is -4.01. The van der Waals surface area contributed by atoms with E-state index in [1.165, 1.54) is 12.8 Å². The van der Waals surface area contributed by atoms with E-state index < -0.39 is 24.3 Å². The van der Waals surface area contributed by atoms with Gasteiger partial charge in [0.25, 0.3) is 0 Å². The fourth-order valence-corrected chi connectivity index (χ4v) is 3.82. The number of nitrogens with zero attached hydrogens (tertiary/aromatic N) is 2. The van der Waals surface area contributed by atoms with Crippen LogP contribution in [0.5, 0.6) is 0 Å². The third-order valence-electron chi connectivity index (χ3n) is 5.54. The van der Waals surface area contributed by atoms with Crippen molar-refractivity contribution in [2.75, 3.05) is 13.1 Å². The number of carboxylic acid groups (broad SMARTS) is 2. The van der Waals surface area contributed by atoms with Gasteiger partial charge in [-0.3, -0.25) is 9.88 Å². The Bertz CT molecular complexity index is 855. The summed E-state index contributed by atoms with van der Waals surface area (Å²) in [7, 11) is 0. The predicted octanol–water partition coefficient (Wildman–Crippen LogP) is 4.23. The summed E-state index contributed by atoms with van der Waals surface area (Å²) in [6.45, 7) is 6.94. The molecule has 210 valence electrons. The van der Waals surface area contributed by atoms with E-state index >= 15 is 0 Å². The van der Waals surface area contributed by atoms with E-state index in [4.69, 9.17) is 24.5 Å². The number of amides is 1. The van der Waals surface area contributed by atoms with Crippen LogP contribution >= 0.6 is 0 Å². The van der Waals surface area contributed by atoms with Crippen molar-refractivity contribution in [3.63, 3.8) is 0 Å². The molecule has 1 aromatic heterocycles. The number of aromatic nitrogens is 1. The lowest BCUT2D eigenvalue weighted by Crippen LogP contribution is -2.55. The number of alkyl halides is 6. The fourth-order valence-electron chi connectivity index (χ4n) is 3.82. The van der Waals surface area contributed by atoms with E-state index in [1.54, 1.807) is 0 Å². The van der Waals surface area contributed by atoms with Gasteiger partial charge in [-0.05, 0) is 70.2 Å². The van der Waals surface area contributed by atoms with Crippen molar-refractivity contribution in [3.8, 4) is 0 Å². The topological polar surface area (TPSA) is 129 Å². The van der Waals surface area contributed by atoms with Crippen LogP contribution in [0.1, 0.15) is 45.2 Å². The molecule has 0 bridgehead atoms. The highest BCUT2D eigenvalue weighted by molar-refractivity contribution is 5.73. The van der Waals surface area contributed by atoms with Crippen LogP contribution in [-0.2, 0) is 20.9 Å². The Labute approximate surface area is 208 Å². The molecule has 1 aliphatic carbocycles. The van der Waals surface area contributed by atoms with Gasteiger partial charge < -0.3 is 20.3 Å². The Kier molecular flexibility index (Phi) is 11.6. The van der Waals surface area contributed by atoms with Gasteiger partial charge in [0.2, 0.25) is 0 Å². The molecule has 0 radical (unpaired) electrons. The second-order valence-electron chi connectivity index (χ2n) is 8.91. The average molecular weight is 545 g/mol. The van der Waals surface area contributed by atoms with E-state index in [-0.39, 0.29) is 12.2 Å². The first-order chi connectivity index (χ1) is 16.9. The molecule has 1 amide bonds. The highest BCUT2D eigenvalue weighted by Crippen LogP contribution is 2.49. The summed E-state index contributed by atoms with van der Waals surface area (Å²) in [4.78, 5) is 36.3. The van der Waals surface area contributed by atoms with Gasteiger partial charge in [-0.1, -0.05) is 6.07 Å². The van der Waals surface area contributed by atoms with Gasteiger partial charge in [0, 0.05) is 18.8 Å². The van der Waals surface area contributed by atoms with E-state index in [2.05, 4.69) is 21.3 Å². The second kappa shape index (κ2) is 13.4. The van der Waals surface area contributed by atoms with Crippen molar-refractivity contribution < 1.29 is 55.7 Å². The number of ether oxygens (including phenoxy) is 1. The average Bonchev–Trinajstić information content (AvgIpc) is 2.74. The summed E-state index contributed by atoms with van der Waals surface area (Å²) >= 11 is 0. The molecule has 2 aliphatic rings. The number of pyridine rings is 1. The number of hydrogen-bond acceptors (Lipinski definition) is 6. The van der Waals surface area contributed by atoms with Crippen LogP contribution in [0, 0.1) is 5.41 Å². The van der Waals surface area contributed by atoms with Gasteiger partial charge in [0.1, 0.15) is 0 Å². The minimum absolute atomic E-state index is 0.0566. The Morgan fingerprint density at radius 2 is 1.54 bits per heavy atom. The lowest BCUT2D eigenvalue weighted by Gasteiger charge is -2.52. The molecule has 0 aromatic carbocycles. The zero-order valence-corrected chi connectivity index (χ0v) is 20.1. The standard InChI is InChI=1S/C18H27N3O2.2C2HF3O2/c1-14(2)23-17(22)20-16-11-18(12-16)6-9-21(10-7-18)13-15-5-3-4-8-19-15;2*3-2(4,5)1(6)7/h3-5,8,14,16H,6-7,9-13H2,1-2H3,(H,20,22);2*(H,6,7). The van der Waals surface area contributed by atoms with Gasteiger partial charge >= 0.3 is 30.4 Å². The molecule has 1 aromatic rings. The summed E-state index contributed by atoms with van der Waals surface area (Å²) in [5.74, 6) is -5.51. The van der Waals surface area contributed by atoms with Gasteiger partial charge in [-0.2, -0.15) is 26.3 Å². The summed E-state index contributed by atoms with van der Waals surface area (Å²) < 4.78 is 68.6. The van der Waals surface area contributed by atoms with Crippen LogP contribution in [0.15, 0.2) is 24.4 Å². The zero-order valence-electron chi connectivity index (χ0n) is 20.1. The van der Waals surface area contributed by atoms with Crippen LogP contribution in [0.2, 0.25) is 0 Å². The van der Waals surface area contributed by atoms with Crippen molar-refractivity contribution in [1.29, 1.82) is 0 Å². The molecule has 0 atom stereocenters. The molecule has 3 N–H and O–H groups in total. The van der Waals surface area contributed by atoms with Crippen molar-refractivity contribution in [2.45, 2.75) is 70.6 Å². The minimum Gasteiger partial charge on any atom is -0.475 e. The molecule has 2 fully saturated rings. The molecule has 2 heterocycles. The molecular formula is C22H29F6N3O6. The third-order valence-corrected chi connectivity index (χ3v) is 5.54. The number of carboxylic acids is 2. The maximum absolute atomic E-state index is 11.6. The van der Waals surface area contributed by atoms with Gasteiger partial charge in [-0.15, -0.1) is 0 Å². The lowest BCUT2D eigenvalue weighted by molar-refractivity contribution is -0.193. The maximum atomic E-state index is 11.6. The molecule has 1 saturated heterocycles. The van der Waals surface area contributed by atoms with Crippen LogP contribution in [-0.4, -0.2) is 75.7 Å². The third kappa shape index (κ3) is 12.1. The summed E-state index contributed by atoms with van der Waals surface area (Å²) in [5, 5.41) is 17.2. The van der Waals surface area contributed by atoms with Crippen LogP contribution < -0.4 is 5.32 Å². The van der Waals surface area contributed by atoms with E-state index in [1.807, 2.05) is 32.2 Å². The number of alkyl carbamates (subject to hydrolysis) is 1. The maximum Gasteiger partial charge on any atom is 0.490 e. The molecule has 9 nitrogen and oxygen atoms in total. The van der Waals surface area contributed by atoms with Gasteiger partial charge in [0.05, 0.1) is 11.8 Å². The Hall–Kier alpha value is -3.10. The molecule has 1 spiro atoms. The molecule has 1 aliphatic heterocycles. The highest BCUT2D eigenvalue weighted by Gasteiger charge is 2.46. The number of hydrogen-bond donors (Lipinski definition) is 3. The van der Waals surface area contributed by atoms with Crippen LogP contribution in [0.4, 0.5) is 31.1 Å². The Morgan fingerprint density at radius 1 is 1.05 bits per heavy atom. The number of halogens is 6. The summed E-state index contributed by atoms with van der Waals surface area (Å²) in [6, 6.07) is 6.39. The lowest BCUT2D eigenvalue weighted by atomic mass is 9.60. The number of nitrogens with one attached hydrogen (secondary N) is 1. The van der Waals surface area contributed by atoms with Gasteiger partial charge in [0.15, 0.2) is 0 Å². The number of rotatable bonds is 4. The fraction of sp³-hybridized carbons (Fsp3) is 0.636. The second-order valence-corrected chi connectivity index (χ2v) is 8.91. The normalized spacial score (nSPS) is 17.4. The highest BCUT2D eigenvalue weighted by atomic mass is 19.4. The van der Waals surface area contributed by atoms with Crippen molar-refractivity contribution in [1.82, 2.24) is 15.2 Å². The molecule has 0 unspecified atom stereocenters. The molecule has 15 heteroatoms. The molecule has 3 rings (SSSR count). The first-order valence-electron chi connectivity index (χ1n) is 11.1. The first-order valence-corrected chi connectivity index (χ1v) is 11.1. The van der Waals surface area contributed by atoms with Crippen molar-refractivity contribution >= 4 is 18.0 Å². The predicted molar refractivity (Wildman–Crippen MR) is 116 cm³/mol. The van der Waals surface area contributed by atoms with Crippen LogP contribution in [0.3, 0.4) is 0 Å². The minimum atomic E-state index is -5.08. The van der Waals surface area contributed by atoms with E-state index in [0.29, 0.717) is 11.5 Å². The quantitative estimate of drug-likeness (QED) is 0.480. The van der Waals surface area contributed by atoms with Crippen LogP contribution in [0.25, 0.3) is 0 Å². The summed E-state index contributed by atoms with van der Waals surface area (Å²) in [5.41, 5.74) is 1.59. The van der Waals surface area contributed by atoms with Crippen molar-refractivity contribution in [3.05, 3.63) is 30.1 Å². The van der Waals surface area contributed by atoms with Crippen molar-refractivity contribution in [2.24, 2.45) is 5.41 Å². The number of likely N-dealkylation sites (tertiary alicyclic amines) is 1. The monoisotopic (exact) mass is 545 g/mol. The molecule has 37 heavy (non-hydrogen) atoms. The first kappa shape index (κ1) is 31.9.